The summed E-state index contributed by atoms with van der Waals surface area (Å²) < 4.78 is 0. The summed E-state index contributed by atoms with van der Waals surface area (Å²) in [6.45, 7) is 2.21. The number of aliphatic hydroxyl groups is 1. The summed E-state index contributed by atoms with van der Waals surface area (Å²) in [4.78, 5) is 0. The van der Waals surface area contributed by atoms with Crippen molar-refractivity contribution in [3.8, 4) is 0 Å². The van der Waals surface area contributed by atoms with E-state index in [9.17, 15) is 0 Å². The average molecular weight is 148 g/mol. The lowest BCUT2D eigenvalue weighted by molar-refractivity contribution is 0.375. The molecule has 1 nitrogen and oxygen atoms in total. The largest absolute Gasteiger partial charge is 0.386 e. The Balaban J connectivity index is 2.60. The fraction of sp³-hybridized carbons (Fsp3) is 1.00. The second kappa shape index (κ2) is 8.31. The molecule has 0 bridgehead atoms. The van der Waals surface area contributed by atoms with Crippen molar-refractivity contribution >= 4 is 11.8 Å². The summed E-state index contributed by atoms with van der Waals surface area (Å²) in [7, 11) is 0. The Kier molecular flexibility index (Phi) is 8.60. The minimum Gasteiger partial charge on any atom is -0.386 e. The summed E-state index contributed by atoms with van der Waals surface area (Å²) in [5.41, 5.74) is 0. The van der Waals surface area contributed by atoms with E-state index in [0.717, 1.165) is 5.75 Å². The van der Waals surface area contributed by atoms with E-state index in [0.29, 0.717) is 0 Å². The van der Waals surface area contributed by atoms with Gasteiger partial charge in [0.25, 0.3) is 0 Å². The van der Waals surface area contributed by atoms with E-state index < -0.39 is 0 Å². The van der Waals surface area contributed by atoms with Gasteiger partial charge >= 0.3 is 0 Å². The zero-order chi connectivity index (χ0) is 6.95. The molecule has 0 aromatic heterocycles. The van der Waals surface area contributed by atoms with Crippen molar-refractivity contribution in [3.05, 3.63) is 0 Å². The number of hydrogen-bond acceptors (Lipinski definition) is 2. The van der Waals surface area contributed by atoms with Crippen LogP contribution in [0.5, 0.6) is 0 Å². The van der Waals surface area contributed by atoms with Gasteiger partial charge in [-0.05, 0) is 12.2 Å². The molecule has 0 saturated carbocycles. The fourth-order valence-electron chi connectivity index (χ4n) is 0.695. The molecule has 0 radical (unpaired) electrons. The molecule has 0 aliphatic heterocycles. The van der Waals surface area contributed by atoms with Gasteiger partial charge in [-0.2, -0.15) is 0 Å². The van der Waals surface area contributed by atoms with Crippen LogP contribution in [0.25, 0.3) is 0 Å². The van der Waals surface area contributed by atoms with Gasteiger partial charge in [0.15, 0.2) is 0 Å². The molecule has 0 aromatic rings. The molecule has 9 heavy (non-hydrogen) atoms. The van der Waals surface area contributed by atoms with E-state index >= 15 is 0 Å². The van der Waals surface area contributed by atoms with Crippen LogP contribution in [0.1, 0.15) is 32.6 Å². The highest BCUT2D eigenvalue weighted by Crippen LogP contribution is 2.05. The third kappa shape index (κ3) is 8.31. The van der Waals surface area contributed by atoms with E-state index in [1.807, 2.05) is 0 Å². The van der Waals surface area contributed by atoms with E-state index in [1.165, 1.54) is 25.7 Å². The highest BCUT2D eigenvalue weighted by Gasteiger charge is 1.86. The molecule has 0 aromatic carbocycles. The zero-order valence-electron chi connectivity index (χ0n) is 6.10. The van der Waals surface area contributed by atoms with Gasteiger partial charge in [0, 0.05) is 0 Å². The van der Waals surface area contributed by atoms with Gasteiger partial charge in [-0.3, -0.25) is 0 Å². The van der Waals surface area contributed by atoms with Crippen LogP contribution in [0.15, 0.2) is 0 Å². The number of rotatable bonds is 6. The summed E-state index contributed by atoms with van der Waals surface area (Å²) >= 11 is 1.61. The molecule has 0 aliphatic carbocycles. The van der Waals surface area contributed by atoms with E-state index in [4.69, 9.17) is 5.11 Å². The topological polar surface area (TPSA) is 20.2 Å². The van der Waals surface area contributed by atoms with Crippen molar-refractivity contribution < 1.29 is 5.11 Å². The summed E-state index contributed by atoms with van der Waals surface area (Å²) in [5.74, 6) is 1.41. The molecule has 0 fully saturated rings. The molecule has 0 unspecified atom stereocenters. The van der Waals surface area contributed by atoms with Crippen molar-refractivity contribution in [1.29, 1.82) is 0 Å². The van der Waals surface area contributed by atoms with Gasteiger partial charge < -0.3 is 5.11 Å². The van der Waals surface area contributed by atoms with Crippen LogP contribution in [0.3, 0.4) is 0 Å². The molecular weight excluding hydrogens is 132 g/mol. The molecule has 0 saturated heterocycles. The third-order valence-electron chi connectivity index (χ3n) is 1.23. The predicted octanol–water partition coefficient (Wildman–Crippen LogP) is 2.25. The maximum atomic E-state index is 8.39. The quantitative estimate of drug-likeness (QED) is 0.460. The lowest BCUT2D eigenvalue weighted by atomic mass is 10.2. The zero-order valence-corrected chi connectivity index (χ0v) is 6.91. The standard InChI is InChI=1S/C7H16OS/c1-2-3-4-5-6-9-7-8/h8H,2-7H2,1H3. The Labute approximate surface area is 61.8 Å². The first-order chi connectivity index (χ1) is 4.41. The molecule has 0 rings (SSSR count). The van der Waals surface area contributed by atoms with Crippen LogP contribution in [0.4, 0.5) is 0 Å². The van der Waals surface area contributed by atoms with Crippen LogP contribution in [-0.2, 0) is 0 Å². The molecule has 56 valence electrons. The second-order valence-electron chi connectivity index (χ2n) is 2.10. The SMILES string of the molecule is CCCCCCSCO. The first kappa shape index (κ1) is 9.31. The van der Waals surface area contributed by atoms with Crippen molar-refractivity contribution in [1.82, 2.24) is 0 Å². The smallest absolute Gasteiger partial charge is 0.0885 e. The number of aliphatic hydroxyl groups excluding tert-OH is 1. The number of thioether (sulfide) groups is 1. The number of unbranched alkanes of at least 4 members (excludes halogenated alkanes) is 3. The first-order valence-electron chi connectivity index (χ1n) is 3.60. The van der Waals surface area contributed by atoms with Crippen molar-refractivity contribution in [2.45, 2.75) is 32.6 Å². The molecule has 0 aliphatic rings. The minimum atomic E-state index is 0.284. The van der Waals surface area contributed by atoms with Crippen LogP contribution in [-0.4, -0.2) is 16.8 Å². The maximum Gasteiger partial charge on any atom is 0.0885 e. The molecule has 0 amide bonds. The molecular formula is C7H16OS. The lowest BCUT2D eigenvalue weighted by Gasteiger charge is -1.95. The fourth-order valence-corrected chi connectivity index (χ4v) is 1.23. The lowest BCUT2D eigenvalue weighted by Crippen LogP contribution is -1.81. The normalized spacial score (nSPS) is 10.0. The Hall–Kier alpha value is 0.310. The monoisotopic (exact) mass is 148 g/mol. The third-order valence-corrected chi connectivity index (χ3v) is 1.99. The van der Waals surface area contributed by atoms with E-state index in [-0.39, 0.29) is 5.94 Å². The average Bonchev–Trinajstić information content (AvgIpc) is 1.89. The predicted molar refractivity (Wildman–Crippen MR) is 43.7 cm³/mol. The molecule has 2 heteroatoms. The van der Waals surface area contributed by atoms with Crippen LogP contribution in [0, 0.1) is 0 Å². The van der Waals surface area contributed by atoms with Gasteiger partial charge in [-0.25, -0.2) is 0 Å². The Morgan fingerprint density at radius 3 is 2.56 bits per heavy atom. The van der Waals surface area contributed by atoms with E-state index in [1.54, 1.807) is 11.8 Å². The van der Waals surface area contributed by atoms with Gasteiger partial charge in [-0.1, -0.05) is 26.2 Å². The molecule has 0 heterocycles. The maximum absolute atomic E-state index is 8.39. The minimum absolute atomic E-state index is 0.284. The van der Waals surface area contributed by atoms with E-state index in [2.05, 4.69) is 6.92 Å². The molecule has 1 N–H and O–H groups in total. The Morgan fingerprint density at radius 1 is 1.22 bits per heavy atom. The molecule has 0 atom stereocenters. The van der Waals surface area contributed by atoms with Crippen LogP contribution >= 0.6 is 11.8 Å². The first-order valence-corrected chi connectivity index (χ1v) is 4.76. The van der Waals surface area contributed by atoms with Gasteiger partial charge in [0.2, 0.25) is 0 Å². The highest BCUT2D eigenvalue weighted by molar-refractivity contribution is 7.99. The van der Waals surface area contributed by atoms with Crippen molar-refractivity contribution in [3.63, 3.8) is 0 Å². The Bertz CT molecular complexity index is 42.2. The summed E-state index contributed by atoms with van der Waals surface area (Å²) in [5, 5.41) is 8.39. The second-order valence-corrected chi connectivity index (χ2v) is 3.17. The highest BCUT2D eigenvalue weighted by atomic mass is 32.2. The molecule has 0 spiro atoms. The van der Waals surface area contributed by atoms with Crippen LogP contribution in [0.2, 0.25) is 0 Å². The van der Waals surface area contributed by atoms with Gasteiger partial charge in [0.05, 0.1) is 5.94 Å². The summed E-state index contributed by atoms with van der Waals surface area (Å²) in [6.07, 6.45) is 5.22. The van der Waals surface area contributed by atoms with Crippen LogP contribution < -0.4 is 0 Å². The van der Waals surface area contributed by atoms with Gasteiger partial charge in [-0.15, -0.1) is 11.8 Å². The summed E-state index contributed by atoms with van der Waals surface area (Å²) in [6, 6.07) is 0. The number of hydrogen-bond donors (Lipinski definition) is 1. The van der Waals surface area contributed by atoms with Gasteiger partial charge in [0.1, 0.15) is 0 Å². The van der Waals surface area contributed by atoms with Crippen molar-refractivity contribution in [2.75, 3.05) is 11.7 Å². The van der Waals surface area contributed by atoms with Crippen molar-refractivity contribution in [2.24, 2.45) is 0 Å². The Morgan fingerprint density at radius 2 is 2.00 bits per heavy atom.